The van der Waals surface area contributed by atoms with Gasteiger partial charge in [-0.15, -0.1) is 0 Å². The van der Waals surface area contributed by atoms with Gasteiger partial charge >= 0.3 is 0 Å². The minimum Gasteiger partial charge on any atom is -0.356 e. The lowest BCUT2D eigenvalue weighted by Crippen LogP contribution is -2.41. The lowest BCUT2D eigenvalue weighted by atomic mass is 9.97. The summed E-state index contributed by atoms with van der Waals surface area (Å²) in [4.78, 5) is 4.13. The lowest BCUT2D eigenvalue weighted by Gasteiger charge is -2.18. The zero-order chi connectivity index (χ0) is 17.3. The Kier molecular flexibility index (Phi) is 8.62. The van der Waals surface area contributed by atoms with Crippen molar-refractivity contribution in [2.24, 2.45) is 10.9 Å². The minimum atomic E-state index is -2.96. The number of hydrogen-bond acceptors (Lipinski definition) is 3. The third-order valence-electron chi connectivity index (χ3n) is 3.54. The largest absolute Gasteiger partial charge is 0.356 e. The first-order valence-electron chi connectivity index (χ1n) is 7.70. The molecular formula is C16H26BrN3O2S. The van der Waals surface area contributed by atoms with Gasteiger partial charge in [0.1, 0.15) is 9.84 Å². The molecule has 0 aromatic heterocycles. The third kappa shape index (κ3) is 8.95. The molecule has 7 heteroatoms. The standard InChI is InChI=1S/C16H26BrN3O2S/c1-4-13(10-14-6-5-7-15(17)11-14)12-20-16(18-2)19-8-9-23(3,21)22/h5-7,11,13H,4,8-10,12H2,1-3H3,(H2,18,19,20). The number of benzene rings is 1. The van der Waals surface area contributed by atoms with Crippen LogP contribution in [0.1, 0.15) is 18.9 Å². The van der Waals surface area contributed by atoms with Gasteiger partial charge in [-0.3, -0.25) is 4.99 Å². The molecule has 130 valence electrons. The Morgan fingerprint density at radius 2 is 2.09 bits per heavy atom. The minimum absolute atomic E-state index is 0.100. The van der Waals surface area contributed by atoms with E-state index < -0.39 is 9.84 Å². The third-order valence-corrected chi connectivity index (χ3v) is 4.98. The number of guanidine groups is 1. The van der Waals surface area contributed by atoms with Crippen molar-refractivity contribution in [1.82, 2.24) is 10.6 Å². The van der Waals surface area contributed by atoms with Crippen LogP contribution in [-0.2, 0) is 16.3 Å². The molecule has 0 aliphatic carbocycles. The van der Waals surface area contributed by atoms with Gasteiger partial charge in [-0.1, -0.05) is 41.4 Å². The Morgan fingerprint density at radius 3 is 2.65 bits per heavy atom. The monoisotopic (exact) mass is 403 g/mol. The Labute approximate surface area is 148 Å². The Morgan fingerprint density at radius 1 is 1.35 bits per heavy atom. The summed E-state index contributed by atoms with van der Waals surface area (Å²) < 4.78 is 23.4. The second kappa shape index (κ2) is 9.93. The van der Waals surface area contributed by atoms with Crippen molar-refractivity contribution in [2.75, 3.05) is 32.1 Å². The summed E-state index contributed by atoms with van der Waals surface area (Å²) in [7, 11) is -1.27. The summed E-state index contributed by atoms with van der Waals surface area (Å²) in [6, 6.07) is 8.34. The summed E-state index contributed by atoms with van der Waals surface area (Å²) in [5, 5.41) is 6.30. The number of aliphatic imine (C=N–C) groups is 1. The highest BCUT2D eigenvalue weighted by atomic mass is 79.9. The normalized spacial score (nSPS) is 13.7. The first-order chi connectivity index (χ1) is 10.8. The molecule has 1 rings (SSSR count). The summed E-state index contributed by atoms with van der Waals surface area (Å²) in [5.74, 6) is 1.22. The van der Waals surface area contributed by atoms with Crippen LogP contribution >= 0.6 is 15.9 Å². The van der Waals surface area contributed by atoms with Crippen LogP contribution in [-0.4, -0.2) is 46.5 Å². The van der Waals surface area contributed by atoms with Crippen LogP contribution in [0.25, 0.3) is 0 Å². The molecule has 0 saturated carbocycles. The molecule has 0 heterocycles. The van der Waals surface area contributed by atoms with Gasteiger partial charge in [0.2, 0.25) is 0 Å². The maximum Gasteiger partial charge on any atom is 0.191 e. The van der Waals surface area contributed by atoms with E-state index in [-0.39, 0.29) is 5.75 Å². The molecule has 0 aliphatic rings. The fourth-order valence-corrected chi connectivity index (χ4v) is 3.09. The number of sulfone groups is 1. The Balaban J connectivity index is 2.45. The smallest absolute Gasteiger partial charge is 0.191 e. The van der Waals surface area contributed by atoms with Gasteiger partial charge in [0, 0.05) is 30.9 Å². The number of nitrogens with zero attached hydrogens (tertiary/aromatic N) is 1. The van der Waals surface area contributed by atoms with E-state index in [1.54, 1.807) is 7.05 Å². The molecule has 0 aliphatic heterocycles. The predicted molar refractivity (Wildman–Crippen MR) is 101 cm³/mol. The summed E-state index contributed by atoms with van der Waals surface area (Å²) in [6.45, 7) is 3.33. The molecule has 0 saturated heterocycles. The second-order valence-electron chi connectivity index (χ2n) is 5.62. The van der Waals surface area contributed by atoms with Crippen LogP contribution in [0.4, 0.5) is 0 Å². The average Bonchev–Trinajstić information content (AvgIpc) is 2.48. The maximum absolute atomic E-state index is 11.1. The van der Waals surface area contributed by atoms with E-state index >= 15 is 0 Å². The molecule has 0 radical (unpaired) electrons. The van der Waals surface area contributed by atoms with Crippen molar-refractivity contribution < 1.29 is 8.42 Å². The molecule has 1 atom stereocenters. The number of halogens is 1. The van der Waals surface area contributed by atoms with E-state index in [0.717, 1.165) is 23.9 Å². The zero-order valence-electron chi connectivity index (χ0n) is 14.0. The summed E-state index contributed by atoms with van der Waals surface area (Å²) >= 11 is 3.50. The number of nitrogens with one attached hydrogen (secondary N) is 2. The van der Waals surface area contributed by atoms with Crippen molar-refractivity contribution >= 4 is 31.7 Å². The molecule has 2 N–H and O–H groups in total. The van der Waals surface area contributed by atoms with Gasteiger partial charge in [0.15, 0.2) is 5.96 Å². The first kappa shape index (κ1) is 20.0. The number of hydrogen-bond donors (Lipinski definition) is 2. The molecule has 1 aromatic rings. The zero-order valence-corrected chi connectivity index (χ0v) is 16.4. The van der Waals surface area contributed by atoms with Crippen molar-refractivity contribution in [2.45, 2.75) is 19.8 Å². The molecule has 5 nitrogen and oxygen atoms in total. The first-order valence-corrected chi connectivity index (χ1v) is 10.6. The van der Waals surface area contributed by atoms with Crippen LogP contribution in [0.3, 0.4) is 0 Å². The van der Waals surface area contributed by atoms with Crippen molar-refractivity contribution in [3.8, 4) is 0 Å². The second-order valence-corrected chi connectivity index (χ2v) is 8.79. The van der Waals surface area contributed by atoms with E-state index in [2.05, 4.69) is 50.6 Å². The molecule has 0 bridgehead atoms. The molecule has 1 aromatic carbocycles. The van der Waals surface area contributed by atoms with Gasteiger partial charge in [-0.05, 0) is 30.0 Å². The topological polar surface area (TPSA) is 70.6 Å². The molecule has 23 heavy (non-hydrogen) atoms. The molecular weight excluding hydrogens is 378 g/mol. The summed E-state index contributed by atoms with van der Waals surface area (Å²) in [5.41, 5.74) is 1.30. The highest BCUT2D eigenvalue weighted by Gasteiger charge is 2.09. The van der Waals surface area contributed by atoms with E-state index in [1.807, 2.05) is 12.1 Å². The Hall–Kier alpha value is -1.08. The highest BCUT2D eigenvalue weighted by Crippen LogP contribution is 2.16. The number of rotatable bonds is 8. The van der Waals surface area contributed by atoms with Crippen LogP contribution < -0.4 is 10.6 Å². The SMILES string of the molecule is CCC(CNC(=NC)NCCS(C)(=O)=O)Cc1cccc(Br)c1. The van der Waals surface area contributed by atoms with Crippen molar-refractivity contribution in [3.63, 3.8) is 0 Å². The van der Waals surface area contributed by atoms with Gasteiger partial charge < -0.3 is 10.6 Å². The van der Waals surface area contributed by atoms with Crippen molar-refractivity contribution in [1.29, 1.82) is 0 Å². The van der Waals surface area contributed by atoms with E-state index in [9.17, 15) is 8.42 Å². The maximum atomic E-state index is 11.1. The van der Waals surface area contributed by atoms with E-state index in [4.69, 9.17) is 0 Å². The molecule has 0 spiro atoms. The molecule has 0 fully saturated rings. The average molecular weight is 404 g/mol. The van der Waals surface area contributed by atoms with Crippen LogP contribution in [0.5, 0.6) is 0 Å². The molecule has 1 unspecified atom stereocenters. The molecule has 0 amide bonds. The van der Waals surface area contributed by atoms with Gasteiger partial charge in [0.25, 0.3) is 0 Å². The van der Waals surface area contributed by atoms with E-state index in [1.165, 1.54) is 11.8 Å². The van der Waals surface area contributed by atoms with Crippen LogP contribution in [0.15, 0.2) is 33.7 Å². The lowest BCUT2D eigenvalue weighted by molar-refractivity contribution is 0.494. The Bertz CT molecular complexity index is 618. The van der Waals surface area contributed by atoms with Gasteiger partial charge in [-0.25, -0.2) is 8.42 Å². The van der Waals surface area contributed by atoms with Gasteiger partial charge in [0.05, 0.1) is 5.75 Å². The quantitative estimate of drug-likeness (QED) is 0.515. The fraction of sp³-hybridized carbons (Fsp3) is 0.562. The van der Waals surface area contributed by atoms with E-state index in [0.29, 0.717) is 18.4 Å². The van der Waals surface area contributed by atoms with Crippen LogP contribution in [0, 0.1) is 5.92 Å². The van der Waals surface area contributed by atoms with Crippen LogP contribution in [0.2, 0.25) is 0 Å². The fourth-order valence-electron chi connectivity index (χ4n) is 2.17. The predicted octanol–water partition coefficient (Wildman–Crippen LogP) is 2.23. The van der Waals surface area contributed by atoms with Crippen molar-refractivity contribution in [3.05, 3.63) is 34.3 Å². The van der Waals surface area contributed by atoms with Gasteiger partial charge in [-0.2, -0.15) is 0 Å². The highest BCUT2D eigenvalue weighted by molar-refractivity contribution is 9.10. The summed E-state index contributed by atoms with van der Waals surface area (Å²) in [6.07, 6.45) is 3.28.